The molecule has 2 aromatic carbocycles. The van der Waals surface area contributed by atoms with Gasteiger partial charge in [0.1, 0.15) is 0 Å². The van der Waals surface area contributed by atoms with Crippen LogP contribution in [0.2, 0.25) is 0 Å². The first-order chi connectivity index (χ1) is 9.08. The molecule has 1 atom stereocenters. The lowest BCUT2D eigenvalue weighted by Crippen LogP contribution is -1.99. The summed E-state index contributed by atoms with van der Waals surface area (Å²) in [6.07, 6.45) is 1.17. The minimum absolute atomic E-state index is 0.467. The number of rotatable bonds is 4. The minimum atomic E-state index is 0.467. The summed E-state index contributed by atoms with van der Waals surface area (Å²) < 4.78 is 0. The molecule has 0 nitrogen and oxygen atoms in total. The van der Waals surface area contributed by atoms with Crippen molar-refractivity contribution in [2.75, 3.05) is 0 Å². The van der Waals surface area contributed by atoms with Gasteiger partial charge < -0.3 is 0 Å². The van der Waals surface area contributed by atoms with E-state index in [1.165, 1.54) is 28.7 Å². The fourth-order valence-corrected chi connectivity index (χ4v) is 2.67. The molecule has 0 N–H and O–H groups in total. The van der Waals surface area contributed by atoms with Crippen LogP contribution in [0.5, 0.6) is 0 Å². The number of hydrogen-bond donors (Lipinski definition) is 0. The molecule has 0 heteroatoms. The monoisotopic (exact) mass is 252 g/mol. The summed E-state index contributed by atoms with van der Waals surface area (Å²) in [4.78, 5) is 0. The Morgan fingerprint density at radius 1 is 0.842 bits per heavy atom. The molecule has 0 spiro atoms. The predicted octanol–water partition coefficient (Wildman–Crippen LogP) is 5.35. The van der Waals surface area contributed by atoms with Gasteiger partial charge in [0.2, 0.25) is 0 Å². The van der Waals surface area contributed by atoms with E-state index in [-0.39, 0.29) is 0 Å². The first kappa shape index (κ1) is 13.9. The molecule has 0 fully saturated rings. The van der Waals surface area contributed by atoms with Gasteiger partial charge in [-0.15, -0.1) is 0 Å². The van der Waals surface area contributed by atoms with Crippen molar-refractivity contribution in [2.24, 2.45) is 5.92 Å². The van der Waals surface area contributed by atoms with Gasteiger partial charge in [-0.2, -0.15) is 0 Å². The van der Waals surface area contributed by atoms with Gasteiger partial charge in [0, 0.05) is 5.92 Å². The Morgan fingerprint density at radius 3 is 2.05 bits per heavy atom. The van der Waals surface area contributed by atoms with Gasteiger partial charge in [-0.3, -0.25) is 0 Å². The maximum atomic E-state index is 2.29. The Bertz CT molecular complexity index is 520. The summed E-state index contributed by atoms with van der Waals surface area (Å²) in [5, 5.41) is 0. The van der Waals surface area contributed by atoms with Crippen molar-refractivity contribution < 1.29 is 0 Å². The van der Waals surface area contributed by atoms with Crippen LogP contribution in [0, 0.1) is 12.8 Å². The van der Waals surface area contributed by atoms with E-state index in [1.807, 2.05) is 0 Å². The minimum Gasteiger partial charge on any atom is -0.0625 e. The number of hydrogen-bond acceptors (Lipinski definition) is 0. The first-order valence-corrected chi connectivity index (χ1v) is 7.22. The largest absolute Gasteiger partial charge is 0.0625 e. The van der Waals surface area contributed by atoms with E-state index in [0.717, 1.165) is 5.92 Å². The highest BCUT2D eigenvalue weighted by Gasteiger charge is 2.10. The summed E-state index contributed by atoms with van der Waals surface area (Å²) in [6.45, 7) is 9.02. The molecule has 1 unspecified atom stereocenters. The highest BCUT2D eigenvalue weighted by Crippen LogP contribution is 2.27. The molecule has 2 aromatic rings. The quantitative estimate of drug-likeness (QED) is 0.688. The smallest absolute Gasteiger partial charge is 0.00636 e. The molecule has 0 saturated heterocycles. The van der Waals surface area contributed by atoms with Gasteiger partial charge in [0.15, 0.2) is 0 Å². The highest BCUT2D eigenvalue weighted by atomic mass is 14.1. The van der Waals surface area contributed by atoms with Crippen LogP contribution in [0.1, 0.15) is 48.9 Å². The molecule has 0 heterocycles. The van der Waals surface area contributed by atoms with Crippen molar-refractivity contribution in [3.05, 3.63) is 70.8 Å². The Balaban J connectivity index is 2.20. The second kappa shape index (κ2) is 6.06. The summed E-state index contributed by atoms with van der Waals surface area (Å²) in [7, 11) is 0. The van der Waals surface area contributed by atoms with E-state index in [9.17, 15) is 0 Å². The molecule has 0 aliphatic rings. The lowest BCUT2D eigenvalue weighted by atomic mass is 9.89. The lowest BCUT2D eigenvalue weighted by Gasteiger charge is -2.16. The van der Waals surface area contributed by atoms with E-state index in [4.69, 9.17) is 0 Å². The summed E-state index contributed by atoms with van der Waals surface area (Å²) in [6, 6.07) is 17.8. The van der Waals surface area contributed by atoms with E-state index in [1.54, 1.807) is 0 Å². The van der Waals surface area contributed by atoms with Gasteiger partial charge in [-0.1, -0.05) is 69.3 Å². The lowest BCUT2D eigenvalue weighted by molar-refractivity contribution is 0.647. The van der Waals surface area contributed by atoms with Crippen LogP contribution in [0.3, 0.4) is 0 Å². The van der Waals surface area contributed by atoms with E-state index < -0.39 is 0 Å². The van der Waals surface area contributed by atoms with Gasteiger partial charge >= 0.3 is 0 Å². The average molecular weight is 252 g/mol. The van der Waals surface area contributed by atoms with Crippen molar-refractivity contribution in [2.45, 2.75) is 40.0 Å². The molecule has 0 aliphatic carbocycles. The molecular formula is C19H24. The molecule has 0 bridgehead atoms. The number of aryl methyl sites for hydroxylation is 1. The molecule has 0 saturated carbocycles. The van der Waals surface area contributed by atoms with Crippen molar-refractivity contribution in [3.8, 4) is 0 Å². The second-order valence-corrected chi connectivity index (χ2v) is 5.92. The third kappa shape index (κ3) is 3.47. The Kier molecular flexibility index (Phi) is 4.42. The summed E-state index contributed by atoms with van der Waals surface area (Å²) >= 11 is 0. The van der Waals surface area contributed by atoms with Crippen LogP contribution < -0.4 is 0 Å². The van der Waals surface area contributed by atoms with Gasteiger partial charge in [-0.25, -0.2) is 0 Å². The maximum absolute atomic E-state index is 2.29. The highest BCUT2D eigenvalue weighted by molar-refractivity contribution is 5.37. The van der Waals surface area contributed by atoms with Gasteiger partial charge in [0.25, 0.3) is 0 Å². The topological polar surface area (TPSA) is 0 Å². The van der Waals surface area contributed by atoms with Gasteiger partial charge in [0.05, 0.1) is 0 Å². The van der Waals surface area contributed by atoms with Crippen LogP contribution in [0.15, 0.2) is 48.5 Å². The Morgan fingerprint density at radius 2 is 1.47 bits per heavy atom. The summed E-state index contributed by atoms with van der Waals surface area (Å²) in [5.41, 5.74) is 5.65. The van der Waals surface area contributed by atoms with E-state index >= 15 is 0 Å². The average Bonchev–Trinajstić information content (AvgIpc) is 2.39. The maximum Gasteiger partial charge on any atom is 0.00636 e. The fourth-order valence-electron chi connectivity index (χ4n) is 2.67. The Hall–Kier alpha value is -1.56. The van der Waals surface area contributed by atoms with Crippen LogP contribution in [0.25, 0.3) is 0 Å². The summed E-state index contributed by atoms with van der Waals surface area (Å²) in [5.74, 6) is 1.19. The van der Waals surface area contributed by atoms with Crippen molar-refractivity contribution in [3.63, 3.8) is 0 Å². The van der Waals surface area contributed by atoms with Crippen molar-refractivity contribution >= 4 is 0 Å². The normalized spacial score (nSPS) is 12.7. The van der Waals surface area contributed by atoms with E-state index in [2.05, 4.69) is 76.2 Å². The third-order valence-corrected chi connectivity index (χ3v) is 3.78. The molecule has 2 rings (SSSR count). The van der Waals surface area contributed by atoms with Crippen LogP contribution in [-0.4, -0.2) is 0 Å². The molecule has 0 radical (unpaired) electrons. The van der Waals surface area contributed by atoms with Gasteiger partial charge in [-0.05, 0) is 41.5 Å². The zero-order valence-electron chi connectivity index (χ0n) is 12.5. The van der Waals surface area contributed by atoms with Crippen molar-refractivity contribution in [1.82, 2.24) is 0 Å². The van der Waals surface area contributed by atoms with Crippen LogP contribution in [-0.2, 0) is 6.42 Å². The predicted molar refractivity (Wildman–Crippen MR) is 83.7 cm³/mol. The second-order valence-electron chi connectivity index (χ2n) is 5.92. The number of benzene rings is 2. The zero-order valence-corrected chi connectivity index (χ0v) is 12.5. The fraction of sp³-hybridized carbons (Fsp3) is 0.368. The zero-order chi connectivity index (χ0) is 13.8. The SMILES string of the molecule is Cc1ccccc1C(C)c1ccc(CC(C)C)cc1. The third-order valence-electron chi connectivity index (χ3n) is 3.78. The molecule has 0 amide bonds. The molecular weight excluding hydrogens is 228 g/mol. The first-order valence-electron chi connectivity index (χ1n) is 7.22. The van der Waals surface area contributed by atoms with Crippen LogP contribution in [0.4, 0.5) is 0 Å². The molecule has 0 aliphatic heterocycles. The molecule has 100 valence electrons. The standard InChI is InChI=1S/C19H24/c1-14(2)13-17-9-11-18(12-10-17)16(4)19-8-6-5-7-15(19)3/h5-12,14,16H,13H2,1-4H3. The Labute approximate surface area is 117 Å². The molecule has 19 heavy (non-hydrogen) atoms. The van der Waals surface area contributed by atoms with E-state index in [0.29, 0.717) is 5.92 Å². The molecule has 0 aromatic heterocycles. The van der Waals surface area contributed by atoms with Crippen molar-refractivity contribution in [1.29, 1.82) is 0 Å². The van der Waals surface area contributed by atoms with Crippen LogP contribution >= 0.6 is 0 Å².